The van der Waals surface area contributed by atoms with E-state index in [2.05, 4.69) is 24.4 Å². The number of phosphoric ester groups is 1. The predicted molar refractivity (Wildman–Crippen MR) is 180 cm³/mol. The highest BCUT2D eigenvalue weighted by Gasteiger charge is 2.22. The molecular formula is C35H63O9P. The lowest BCUT2D eigenvalue weighted by atomic mass is 10.1. The zero-order chi connectivity index (χ0) is 33.4. The zero-order valence-electron chi connectivity index (χ0n) is 28.3. The van der Waals surface area contributed by atoms with E-state index < -0.39 is 32.5 Å². The van der Waals surface area contributed by atoms with Crippen LogP contribution in [-0.2, 0) is 32.9 Å². The number of ketones is 1. The fraction of sp³-hybridized carbons (Fsp3) is 0.800. The lowest BCUT2D eigenvalue weighted by molar-refractivity contribution is -0.161. The molecule has 0 rings (SSSR count). The molecule has 0 bridgehead atoms. The zero-order valence-corrected chi connectivity index (χ0v) is 29.2. The molecule has 262 valence electrons. The molecule has 0 aliphatic rings. The summed E-state index contributed by atoms with van der Waals surface area (Å²) in [7, 11) is -4.76. The minimum absolute atomic E-state index is 0.174. The summed E-state index contributed by atoms with van der Waals surface area (Å²) in [6, 6.07) is 0. The molecule has 0 spiro atoms. The molecule has 2 N–H and O–H groups in total. The van der Waals surface area contributed by atoms with Gasteiger partial charge < -0.3 is 19.3 Å². The Kier molecular flexibility index (Phi) is 29.6. The first-order chi connectivity index (χ1) is 21.7. The van der Waals surface area contributed by atoms with Crippen molar-refractivity contribution in [3.8, 4) is 0 Å². The minimum atomic E-state index is -4.76. The quantitative estimate of drug-likeness (QED) is 0.0238. The summed E-state index contributed by atoms with van der Waals surface area (Å²) in [4.78, 5) is 54.2. The van der Waals surface area contributed by atoms with Gasteiger partial charge in [0.1, 0.15) is 6.61 Å². The highest BCUT2D eigenvalue weighted by atomic mass is 31.2. The second-order valence-corrected chi connectivity index (χ2v) is 13.1. The summed E-state index contributed by atoms with van der Waals surface area (Å²) in [6.07, 6.45) is 28.8. The van der Waals surface area contributed by atoms with Gasteiger partial charge in [0.15, 0.2) is 11.9 Å². The number of carbonyl (C=O) groups excluding carboxylic acids is 3. The van der Waals surface area contributed by atoms with E-state index in [0.717, 1.165) is 70.6 Å². The monoisotopic (exact) mass is 658 g/mol. The number of rotatable bonds is 32. The molecule has 0 aromatic carbocycles. The summed E-state index contributed by atoms with van der Waals surface area (Å²) in [6.45, 7) is 3.47. The van der Waals surface area contributed by atoms with E-state index >= 15 is 0 Å². The molecule has 0 unspecified atom stereocenters. The van der Waals surface area contributed by atoms with Crippen LogP contribution in [0.3, 0.4) is 0 Å². The van der Waals surface area contributed by atoms with Gasteiger partial charge in [-0.25, -0.2) is 4.57 Å². The standard InChI is InChI=1S/C35H63O9P/c1-3-5-7-8-9-10-11-14-18-21-25-29-35(38)44-33(31-43-45(39,40)41)30-42-34(37)28-24-20-17-15-12-13-16-19-23-27-32(36)26-22-6-4-2/h16,19,23,27,33H,3-15,17-18,20-22,24-26,28-31H2,1-2H3,(H2,39,40,41)/b19-16-,27-23+/t33-/m1/s1. The van der Waals surface area contributed by atoms with E-state index in [1.165, 1.54) is 44.9 Å². The van der Waals surface area contributed by atoms with Crippen LogP contribution in [0.25, 0.3) is 0 Å². The number of hydrogen-bond acceptors (Lipinski definition) is 7. The molecule has 10 heteroatoms. The van der Waals surface area contributed by atoms with Crippen LogP contribution in [0.5, 0.6) is 0 Å². The third-order valence-corrected chi connectivity index (χ3v) is 7.93. The molecular weight excluding hydrogens is 595 g/mol. The lowest BCUT2D eigenvalue weighted by Crippen LogP contribution is -2.29. The van der Waals surface area contributed by atoms with Gasteiger partial charge in [-0.05, 0) is 38.2 Å². The molecule has 0 aliphatic heterocycles. The van der Waals surface area contributed by atoms with E-state index in [1.54, 1.807) is 6.08 Å². The Morgan fingerprint density at radius 2 is 1.11 bits per heavy atom. The van der Waals surface area contributed by atoms with Crippen molar-refractivity contribution in [1.29, 1.82) is 0 Å². The van der Waals surface area contributed by atoms with E-state index in [0.29, 0.717) is 19.3 Å². The van der Waals surface area contributed by atoms with Gasteiger partial charge in [-0.15, -0.1) is 0 Å². The molecule has 45 heavy (non-hydrogen) atoms. The van der Waals surface area contributed by atoms with Gasteiger partial charge in [0.05, 0.1) is 6.61 Å². The van der Waals surface area contributed by atoms with Gasteiger partial charge in [0.2, 0.25) is 0 Å². The highest BCUT2D eigenvalue weighted by Crippen LogP contribution is 2.36. The van der Waals surface area contributed by atoms with Gasteiger partial charge >= 0.3 is 19.8 Å². The van der Waals surface area contributed by atoms with Crippen LogP contribution >= 0.6 is 7.82 Å². The van der Waals surface area contributed by atoms with Crippen LogP contribution in [0.15, 0.2) is 24.3 Å². The van der Waals surface area contributed by atoms with E-state index in [9.17, 15) is 18.9 Å². The molecule has 0 amide bonds. The third-order valence-electron chi connectivity index (χ3n) is 7.45. The number of hydrogen-bond donors (Lipinski definition) is 2. The molecule has 1 atom stereocenters. The first kappa shape index (κ1) is 43.2. The minimum Gasteiger partial charge on any atom is -0.462 e. The largest absolute Gasteiger partial charge is 0.469 e. The van der Waals surface area contributed by atoms with Gasteiger partial charge in [-0.1, -0.05) is 128 Å². The van der Waals surface area contributed by atoms with Gasteiger partial charge in [-0.3, -0.25) is 18.9 Å². The topological polar surface area (TPSA) is 136 Å². The average Bonchev–Trinajstić information content (AvgIpc) is 2.99. The van der Waals surface area contributed by atoms with Gasteiger partial charge in [0.25, 0.3) is 0 Å². The molecule has 0 fully saturated rings. The fourth-order valence-corrected chi connectivity index (χ4v) is 5.13. The highest BCUT2D eigenvalue weighted by molar-refractivity contribution is 7.46. The molecule has 0 heterocycles. The Bertz CT molecular complexity index is 850. The van der Waals surface area contributed by atoms with Crippen LogP contribution in [0, 0.1) is 0 Å². The average molecular weight is 659 g/mol. The second-order valence-electron chi connectivity index (χ2n) is 11.9. The van der Waals surface area contributed by atoms with Crippen molar-refractivity contribution >= 4 is 25.5 Å². The third kappa shape index (κ3) is 33.4. The van der Waals surface area contributed by atoms with Crippen molar-refractivity contribution in [2.45, 2.75) is 168 Å². The van der Waals surface area contributed by atoms with Crippen LogP contribution in [0.1, 0.15) is 162 Å². The second kappa shape index (κ2) is 30.8. The number of allylic oxidation sites excluding steroid dienone is 4. The maximum Gasteiger partial charge on any atom is 0.469 e. The van der Waals surface area contributed by atoms with Crippen molar-refractivity contribution in [2.75, 3.05) is 13.2 Å². The summed E-state index contributed by atoms with van der Waals surface area (Å²) < 4.78 is 26.2. The number of esters is 2. The Hall–Kier alpha value is -1.80. The van der Waals surface area contributed by atoms with Crippen molar-refractivity contribution in [3.05, 3.63) is 24.3 Å². The molecule has 0 radical (unpaired) electrons. The van der Waals surface area contributed by atoms with Gasteiger partial charge in [0, 0.05) is 19.3 Å². The smallest absolute Gasteiger partial charge is 0.462 e. The Labute approximate surface area is 273 Å². The summed E-state index contributed by atoms with van der Waals surface area (Å²) in [5.41, 5.74) is 0. The van der Waals surface area contributed by atoms with Gasteiger partial charge in [-0.2, -0.15) is 0 Å². The van der Waals surface area contributed by atoms with Crippen LogP contribution in [0.4, 0.5) is 0 Å². The van der Waals surface area contributed by atoms with Crippen LogP contribution in [0.2, 0.25) is 0 Å². The lowest BCUT2D eigenvalue weighted by Gasteiger charge is -2.18. The maximum absolute atomic E-state index is 12.3. The van der Waals surface area contributed by atoms with Crippen molar-refractivity contribution in [1.82, 2.24) is 0 Å². The van der Waals surface area contributed by atoms with Crippen LogP contribution < -0.4 is 0 Å². The predicted octanol–water partition coefficient (Wildman–Crippen LogP) is 9.24. The molecule has 0 aliphatic carbocycles. The Morgan fingerprint density at radius 3 is 1.69 bits per heavy atom. The first-order valence-electron chi connectivity index (χ1n) is 17.6. The molecule has 9 nitrogen and oxygen atoms in total. The number of ether oxygens (including phenoxy) is 2. The van der Waals surface area contributed by atoms with E-state index in [1.807, 2.05) is 12.2 Å². The van der Waals surface area contributed by atoms with E-state index in [-0.39, 0.29) is 25.2 Å². The fourth-order valence-electron chi connectivity index (χ4n) is 4.76. The van der Waals surface area contributed by atoms with Crippen molar-refractivity contribution < 1.29 is 42.7 Å². The number of phosphoric acid groups is 1. The first-order valence-corrected chi connectivity index (χ1v) is 19.1. The van der Waals surface area contributed by atoms with Crippen LogP contribution in [-0.4, -0.2) is 46.8 Å². The SMILES string of the molecule is CCCCCCCCCCCCCC(=O)O[C@H](COC(=O)CCCCCCC/C=C\C=C\C(=O)CCCCC)COP(=O)(O)O. The summed E-state index contributed by atoms with van der Waals surface area (Å²) in [5.74, 6) is -0.771. The number of carbonyl (C=O) groups is 3. The molecule has 0 aromatic heterocycles. The summed E-state index contributed by atoms with van der Waals surface area (Å²) >= 11 is 0. The summed E-state index contributed by atoms with van der Waals surface area (Å²) in [5, 5.41) is 0. The maximum atomic E-state index is 12.3. The Balaban J connectivity index is 4.06. The normalized spacial score (nSPS) is 12.6. The van der Waals surface area contributed by atoms with Crippen molar-refractivity contribution in [2.24, 2.45) is 0 Å². The van der Waals surface area contributed by atoms with E-state index in [4.69, 9.17) is 19.3 Å². The molecule has 0 aromatic rings. The number of unbranched alkanes of at least 4 members (excludes halogenated alkanes) is 17. The Morgan fingerprint density at radius 1 is 0.622 bits per heavy atom. The molecule has 0 saturated heterocycles. The van der Waals surface area contributed by atoms with Crippen molar-refractivity contribution in [3.63, 3.8) is 0 Å². The molecule has 0 saturated carbocycles.